The summed E-state index contributed by atoms with van der Waals surface area (Å²) in [6.45, 7) is 6.29. The molecule has 1 aliphatic rings. The number of aliphatic carboxylic acids is 1. The molecule has 0 heterocycles. The molecule has 0 aromatic heterocycles. The van der Waals surface area contributed by atoms with Crippen molar-refractivity contribution < 1.29 is 32.6 Å². The maximum absolute atomic E-state index is 13.6. The second kappa shape index (κ2) is 12.9. The van der Waals surface area contributed by atoms with Crippen LogP contribution in [0.3, 0.4) is 0 Å². The van der Waals surface area contributed by atoms with Gasteiger partial charge in [0.15, 0.2) is 0 Å². The van der Waals surface area contributed by atoms with Crippen molar-refractivity contribution in [2.45, 2.75) is 71.7 Å². The van der Waals surface area contributed by atoms with Crippen LogP contribution in [0.15, 0.2) is 41.6 Å². The number of oxime groups is 1. The van der Waals surface area contributed by atoms with Crippen molar-refractivity contribution in [3.05, 3.63) is 64.2 Å². The quantitative estimate of drug-likeness (QED) is 0.189. The maximum Gasteiger partial charge on any atom is 0.419 e. The van der Waals surface area contributed by atoms with Crippen molar-refractivity contribution in [3.63, 3.8) is 0 Å². The van der Waals surface area contributed by atoms with Gasteiger partial charge in [0.25, 0.3) is 0 Å². The van der Waals surface area contributed by atoms with Gasteiger partial charge in [-0.2, -0.15) is 13.2 Å². The second-order valence-electron chi connectivity index (χ2n) is 9.75. The third-order valence-electron chi connectivity index (χ3n) is 6.21. The molecule has 1 aliphatic carbocycles. The zero-order valence-corrected chi connectivity index (χ0v) is 21.5. The summed E-state index contributed by atoms with van der Waals surface area (Å²) in [6.07, 6.45) is -1.000. The standard InChI is InChI=1S/C28H35F3N2O4/c1-18(2)16-36-26-13-12-20(15-24(26)28(29,30)31)17-37-33-19(3)21-7-4-9-23-22(21)8-5-10-25(23)32-14-6-11-27(34)35/h4,7,9,12-13,15,18,25,32H,5-6,8,10-11,14,16-17H2,1-3H3,(H,34,35)/b33-19+. The highest BCUT2D eigenvalue weighted by atomic mass is 19.4. The van der Waals surface area contributed by atoms with E-state index < -0.39 is 17.7 Å². The number of benzene rings is 2. The lowest BCUT2D eigenvalue weighted by Crippen LogP contribution is -2.27. The fourth-order valence-electron chi connectivity index (χ4n) is 4.44. The first-order valence-electron chi connectivity index (χ1n) is 12.6. The number of hydrogen-bond acceptors (Lipinski definition) is 5. The molecule has 0 radical (unpaired) electrons. The molecule has 1 unspecified atom stereocenters. The van der Waals surface area contributed by atoms with Crippen LogP contribution in [-0.4, -0.2) is 29.9 Å². The summed E-state index contributed by atoms with van der Waals surface area (Å²) in [4.78, 5) is 16.2. The predicted molar refractivity (Wildman–Crippen MR) is 136 cm³/mol. The van der Waals surface area contributed by atoms with Crippen LogP contribution < -0.4 is 10.1 Å². The molecule has 0 spiro atoms. The summed E-state index contributed by atoms with van der Waals surface area (Å²) in [5.74, 6) is -0.884. The van der Waals surface area contributed by atoms with E-state index in [0.29, 0.717) is 24.2 Å². The summed E-state index contributed by atoms with van der Waals surface area (Å²) in [5, 5.41) is 16.5. The first-order chi connectivity index (χ1) is 17.6. The highest BCUT2D eigenvalue weighted by Gasteiger charge is 2.35. The first-order valence-corrected chi connectivity index (χ1v) is 12.6. The highest BCUT2D eigenvalue weighted by molar-refractivity contribution is 6.00. The number of nitrogens with zero attached hydrogens (tertiary/aromatic N) is 1. The van der Waals surface area contributed by atoms with E-state index in [1.54, 1.807) is 6.07 Å². The number of ether oxygens (including phenoxy) is 1. The number of carboxylic acids is 1. The SMILES string of the molecule is C/C(=N\OCc1ccc(OCC(C)C)c(C(F)(F)F)c1)c1cccc2c1CCCC2NCCCC(=O)O. The number of rotatable bonds is 12. The number of fused-ring (bicyclic) bond motifs is 1. The molecule has 202 valence electrons. The van der Waals surface area contributed by atoms with E-state index in [1.165, 1.54) is 17.2 Å². The van der Waals surface area contributed by atoms with E-state index in [4.69, 9.17) is 14.7 Å². The van der Waals surface area contributed by atoms with Gasteiger partial charge in [0, 0.05) is 18.0 Å². The lowest BCUT2D eigenvalue weighted by Gasteiger charge is -2.28. The summed E-state index contributed by atoms with van der Waals surface area (Å²) in [6, 6.07) is 10.1. The van der Waals surface area contributed by atoms with Gasteiger partial charge in [-0.1, -0.05) is 43.3 Å². The molecule has 0 fully saturated rings. The van der Waals surface area contributed by atoms with E-state index in [2.05, 4.69) is 16.5 Å². The lowest BCUT2D eigenvalue weighted by molar-refractivity contribution is -0.139. The molecule has 9 heteroatoms. The van der Waals surface area contributed by atoms with Crippen LogP contribution in [0.25, 0.3) is 0 Å². The van der Waals surface area contributed by atoms with Crippen LogP contribution in [0.5, 0.6) is 5.75 Å². The summed E-state index contributed by atoms with van der Waals surface area (Å²) in [5.41, 5.74) is 3.45. The van der Waals surface area contributed by atoms with Crippen LogP contribution in [0, 0.1) is 5.92 Å². The number of hydrogen-bond donors (Lipinski definition) is 2. The van der Waals surface area contributed by atoms with E-state index in [0.717, 1.165) is 30.9 Å². The molecule has 0 bridgehead atoms. The molecule has 1 atom stereocenters. The summed E-state index contributed by atoms with van der Waals surface area (Å²) in [7, 11) is 0. The second-order valence-corrected chi connectivity index (χ2v) is 9.75. The molecule has 2 N–H and O–H groups in total. The minimum atomic E-state index is -4.54. The Labute approximate surface area is 215 Å². The normalized spacial score (nSPS) is 16.0. The van der Waals surface area contributed by atoms with Gasteiger partial charge in [-0.05, 0) is 73.9 Å². The average Bonchev–Trinajstić information content (AvgIpc) is 2.84. The summed E-state index contributed by atoms with van der Waals surface area (Å²) >= 11 is 0. The molecule has 0 saturated heterocycles. The van der Waals surface area contributed by atoms with Crippen LogP contribution in [-0.2, 0) is 28.8 Å². The van der Waals surface area contributed by atoms with Crippen LogP contribution in [0.4, 0.5) is 13.2 Å². The number of nitrogens with one attached hydrogen (secondary N) is 1. The Morgan fingerprint density at radius 3 is 2.73 bits per heavy atom. The maximum atomic E-state index is 13.6. The van der Waals surface area contributed by atoms with Crippen molar-refractivity contribution in [2.75, 3.05) is 13.2 Å². The van der Waals surface area contributed by atoms with Gasteiger partial charge in [0.1, 0.15) is 12.4 Å². The van der Waals surface area contributed by atoms with E-state index in [1.807, 2.05) is 32.9 Å². The van der Waals surface area contributed by atoms with Crippen molar-refractivity contribution in [1.82, 2.24) is 5.32 Å². The molecular weight excluding hydrogens is 485 g/mol. The molecule has 0 saturated carbocycles. The molecule has 6 nitrogen and oxygen atoms in total. The highest BCUT2D eigenvalue weighted by Crippen LogP contribution is 2.37. The number of halogens is 3. The minimum Gasteiger partial charge on any atom is -0.493 e. The van der Waals surface area contributed by atoms with E-state index in [9.17, 15) is 18.0 Å². The number of alkyl halides is 3. The first kappa shape index (κ1) is 28.5. The van der Waals surface area contributed by atoms with E-state index >= 15 is 0 Å². The Hall–Kier alpha value is -3.07. The van der Waals surface area contributed by atoms with Gasteiger partial charge < -0.3 is 20.0 Å². The van der Waals surface area contributed by atoms with Gasteiger partial charge in [-0.15, -0.1) is 0 Å². The third-order valence-corrected chi connectivity index (χ3v) is 6.21. The Morgan fingerprint density at radius 1 is 1.24 bits per heavy atom. The molecule has 0 amide bonds. The Kier molecular flexibility index (Phi) is 9.97. The predicted octanol–water partition coefficient (Wildman–Crippen LogP) is 6.51. The van der Waals surface area contributed by atoms with Gasteiger partial charge in [-0.25, -0.2) is 0 Å². The Balaban J connectivity index is 1.69. The fraction of sp³-hybridized carbons (Fsp3) is 0.500. The van der Waals surface area contributed by atoms with Crippen LogP contribution in [0.2, 0.25) is 0 Å². The smallest absolute Gasteiger partial charge is 0.419 e. The lowest BCUT2D eigenvalue weighted by atomic mass is 9.84. The molecule has 2 aromatic rings. The minimum absolute atomic E-state index is 0.104. The van der Waals surface area contributed by atoms with Gasteiger partial charge in [0.05, 0.1) is 17.9 Å². The average molecular weight is 521 g/mol. The van der Waals surface area contributed by atoms with Crippen molar-refractivity contribution in [1.29, 1.82) is 0 Å². The van der Waals surface area contributed by atoms with Crippen molar-refractivity contribution in [2.24, 2.45) is 11.1 Å². The van der Waals surface area contributed by atoms with Gasteiger partial charge in [-0.3, -0.25) is 4.79 Å². The topological polar surface area (TPSA) is 80.2 Å². The molecule has 2 aromatic carbocycles. The van der Waals surface area contributed by atoms with Crippen LogP contribution in [0.1, 0.15) is 80.3 Å². The van der Waals surface area contributed by atoms with Crippen LogP contribution >= 0.6 is 0 Å². The zero-order valence-electron chi connectivity index (χ0n) is 21.5. The Bertz CT molecular complexity index is 1100. The van der Waals surface area contributed by atoms with Gasteiger partial charge >= 0.3 is 12.1 Å². The largest absolute Gasteiger partial charge is 0.493 e. The van der Waals surface area contributed by atoms with Crippen molar-refractivity contribution >= 4 is 11.7 Å². The molecule has 37 heavy (non-hydrogen) atoms. The fourth-order valence-corrected chi connectivity index (χ4v) is 4.44. The third kappa shape index (κ3) is 8.21. The number of carbonyl (C=O) groups is 1. The summed E-state index contributed by atoms with van der Waals surface area (Å²) < 4.78 is 46.1. The molecule has 3 rings (SSSR count). The monoisotopic (exact) mass is 520 g/mol. The van der Waals surface area contributed by atoms with E-state index in [-0.39, 0.29) is 37.3 Å². The molecule has 0 aliphatic heterocycles. The Morgan fingerprint density at radius 2 is 2.03 bits per heavy atom. The zero-order chi connectivity index (χ0) is 27.0. The van der Waals surface area contributed by atoms with Crippen molar-refractivity contribution in [3.8, 4) is 5.75 Å². The van der Waals surface area contributed by atoms with Gasteiger partial charge in [0.2, 0.25) is 0 Å². The number of carboxylic acid groups (broad SMARTS) is 1. The molecular formula is C28H35F3N2O4.